The average molecular weight is 373 g/mol. The van der Waals surface area contributed by atoms with E-state index in [0.29, 0.717) is 6.04 Å². The summed E-state index contributed by atoms with van der Waals surface area (Å²) in [6, 6.07) is 0.404. The standard InChI is InChI=1S/C15H25N5O2S2/c1-11(13(21)17-12-3-4-12)23-15-19-18-14(24-15)16-5-2-6-20-7-9-22-10-8-20/h11-12H,2-10H2,1H3,(H,16,18)(H,17,21)/p+1/t11-/m0/s1. The molecule has 0 radical (unpaired) electrons. The maximum Gasteiger partial charge on any atom is 0.233 e. The van der Waals surface area contributed by atoms with E-state index in [4.69, 9.17) is 4.74 Å². The first-order valence-electron chi connectivity index (χ1n) is 8.66. The van der Waals surface area contributed by atoms with Gasteiger partial charge in [0.1, 0.15) is 13.1 Å². The van der Waals surface area contributed by atoms with Crippen LogP contribution in [-0.4, -0.2) is 66.8 Å². The van der Waals surface area contributed by atoms with Crippen LogP contribution in [0.4, 0.5) is 5.13 Å². The molecule has 134 valence electrons. The van der Waals surface area contributed by atoms with Crippen molar-refractivity contribution >= 4 is 34.1 Å². The summed E-state index contributed by atoms with van der Waals surface area (Å²) in [5.41, 5.74) is 0. The van der Waals surface area contributed by atoms with E-state index in [0.717, 1.165) is 68.1 Å². The van der Waals surface area contributed by atoms with Gasteiger partial charge < -0.3 is 20.3 Å². The Morgan fingerprint density at radius 1 is 1.42 bits per heavy atom. The van der Waals surface area contributed by atoms with Crippen molar-refractivity contribution in [3.63, 3.8) is 0 Å². The molecule has 7 nitrogen and oxygen atoms in total. The molecule has 1 atom stereocenters. The maximum absolute atomic E-state index is 12.0. The van der Waals surface area contributed by atoms with E-state index in [1.165, 1.54) is 23.1 Å². The number of morpholine rings is 1. The normalized spacial score (nSPS) is 19.9. The van der Waals surface area contributed by atoms with Gasteiger partial charge in [-0.1, -0.05) is 23.1 Å². The summed E-state index contributed by atoms with van der Waals surface area (Å²) in [6.45, 7) is 7.97. The van der Waals surface area contributed by atoms with E-state index in [9.17, 15) is 4.79 Å². The third-order valence-corrected chi connectivity index (χ3v) is 6.23. The highest BCUT2D eigenvalue weighted by Crippen LogP contribution is 2.29. The number of hydrogen-bond donors (Lipinski definition) is 3. The molecule has 1 aromatic heterocycles. The van der Waals surface area contributed by atoms with Crippen LogP contribution in [-0.2, 0) is 9.53 Å². The second-order valence-electron chi connectivity index (χ2n) is 6.31. The quantitative estimate of drug-likeness (QED) is 0.419. The van der Waals surface area contributed by atoms with E-state index in [1.54, 1.807) is 4.90 Å². The van der Waals surface area contributed by atoms with Crippen LogP contribution >= 0.6 is 23.1 Å². The molecule has 1 aliphatic carbocycles. The summed E-state index contributed by atoms with van der Waals surface area (Å²) in [4.78, 5) is 13.6. The maximum atomic E-state index is 12.0. The largest absolute Gasteiger partial charge is 0.370 e. The van der Waals surface area contributed by atoms with Crippen molar-refractivity contribution in [2.75, 3.05) is 44.7 Å². The zero-order chi connectivity index (χ0) is 16.8. The highest BCUT2D eigenvalue weighted by atomic mass is 32.2. The van der Waals surface area contributed by atoms with Gasteiger partial charge in [-0.25, -0.2) is 0 Å². The van der Waals surface area contributed by atoms with E-state index >= 15 is 0 Å². The molecule has 1 aliphatic heterocycles. The molecule has 1 saturated carbocycles. The summed E-state index contributed by atoms with van der Waals surface area (Å²) in [7, 11) is 0. The molecule has 2 aliphatic rings. The molecule has 1 aromatic rings. The van der Waals surface area contributed by atoms with Gasteiger partial charge in [0, 0.05) is 19.0 Å². The minimum Gasteiger partial charge on any atom is -0.370 e. The van der Waals surface area contributed by atoms with E-state index < -0.39 is 0 Å². The Hall–Kier alpha value is -0.900. The molecular weight excluding hydrogens is 346 g/mol. The van der Waals surface area contributed by atoms with Gasteiger partial charge in [0.05, 0.1) is 25.0 Å². The number of ether oxygens (including phenoxy) is 1. The number of amides is 1. The number of hydrogen-bond acceptors (Lipinski definition) is 7. The van der Waals surface area contributed by atoms with Crippen LogP contribution in [0.5, 0.6) is 0 Å². The monoisotopic (exact) mass is 372 g/mol. The average Bonchev–Trinajstić information content (AvgIpc) is 3.30. The summed E-state index contributed by atoms with van der Waals surface area (Å²) in [5, 5.41) is 15.4. The SMILES string of the molecule is C[C@H](Sc1nnc(NCCC[NH+]2CCOCC2)s1)C(=O)NC1CC1. The van der Waals surface area contributed by atoms with Crippen LogP contribution in [0.2, 0.25) is 0 Å². The molecule has 0 bridgehead atoms. The van der Waals surface area contributed by atoms with Gasteiger partial charge in [0.15, 0.2) is 4.34 Å². The molecule has 2 fully saturated rings. The fraction of sp³-hybridized carbons (Fsp3) is 0.800. The number of nitrogens with one attached hydrogen (secondary N) is 3. The van der Waals surface area contributed by atoms with E-state index in [-0.39, 0.29) is 11.2 Å². The van der Waals surface area contributed by atoms with Crippen molar-refractivity contribution in [1.29, 1.82) is 0 Å². The van der Waals surface area contributed by atoms with Gasteiger partial charge in [-0.3, -0.25) is 4.79 Å². The smallest absolute Gasteiger partial charge is 0.233 e. The third-order valence-electron chi connectivity index (χ3n) is 4.16. The predicted octanol–water partition coefficient (Wildman–Crippen LogP) is 0.0144. The lowest BCUT2D eigenvalue weighted by atomic mass is 10.3. The molecule has 2 heterocycles. The van der Waals surface area contributed by atoms with Crippen LogP contribution in [0.15, 0.2) is 4.34 Å². The van der Waals surface area contributed by atoms with Crippen molar-refractivity contribution in [1.82, 2.24) is 15.5 Å². The first kappa shape index (κ1) is 17.9. The Balaban J connectivity index is 1.33. The summed E-state index contributed by atoms with van der Waals surface area (Å²) < 4.78 is 6.21. The zero-order valence-electron chi connectivity index (χ0n) is 14.0. The van der Waals surface area contributed by atoms with Crippen molar-refractivity contribution in [2.24, 2.45) is 0 Å². The number of quaternary nitrogens is 1. The molecule has 0 unspecified atom stereocenters. The highest BCUT2D eigenvalue weighted by Gasteiger charge is 2.26. The number of carbonyl (C=O) groups excluding carboxylic acids is 1. The Morgan fingerprint density at radius 3 is 2.96 bits per heavy atom. The van der Waals surface area contributed by atoms with Crippen LogP contribution in [0.1, 0.15) is 26.2 Å². The van der Waals surface area contributed by atoms with Gasteiger partial charge in [-0.05, 0) is 19.8 Å². The molecule has 3 rings (SSSR count). The number of rotatable bonds is 9. The Morgan fingerprint density at radius 2 is 2.21 bits per heavy atom. The Bertz CT molecular complexity index is 532. The lowest BCUT2D eigenvalue weighted by Gasteiger charge is -2.23. The number of anilines is 1. The van der Waals surface area contributed by atoms with E-state index in [1.807, 2.05) is 6.92 Å². The van der Waals surface area contributed by atoms with Crippen LogP contribution in [0.25, 0.3) is 0 Å². The van der Waals surface area contributed by atoms with Gasteiger partial charge >= 0.3 is 0 Å². The fourth-order valence-electron chi connectivity index (χ4n) is 2.52. The fourth-order valence-corrected chi connectivity index (χ4v) is 4.45. The third kappa shape index (κ3) is 5.87. The molecule has 3 N–H and O–H groups in total. The molecule has 1 amide bonds. The summed E-state index contributed by atoms with van der Waals surface area (Å²) >= 11 is 3.00. The van der Waals surface area contributed by atoms with Gasteiger partial charge in [-0.15, -0.1) is 10.2 Å². The van der Waals surface area contributed by atoms with Crippen LogP contribution < -0.4 is 15.5 Å². The lowest BCUT2D eigenvalue weighted by molar-refractivity contribution is -0.908. The molecule has 1 saturated heterocycles. The minimum atomic E-state index is -0.128. The zero-order valence-corrected chi connectivity index (χ0v) is 15.7. The number of aromatic nitrogens is 2. The second kappa shape index (κ2) is 8.98. The first-order valence-corrected chi connectivity index (χ1v) is 10.4. The summed E-state index contributed by atoms with van der Waals surface area (Å²) in [6.07, 6.45) is 3.34. The summed E-state index contributed by atoms with van der Waals surface area (Å²) in [5.74, 6) is 0.0979. The van der Waals surface area contributed by atoms with Crippen molar-refractivity contribution in [2.45, 2.75) is 41.8 Å². The molecule has 24 heavy (non-hydrogen) atoms. The van der Waals surface area contributed by atoms with Gasteiger partial charge in [0.2, 0.25) is 11.0 Å². The minimum absolute atomic E-state index is 0.0979. The van der Waals surface area contributed by atoms with Crippen molar-refractivity contribution < 1.29 is 14.4 Å². The predicted molar refractivity (Wildman–Crippen MR) is 95.9 cm³/mol. The first-order chi connectivity index (χ1) is 11.7. The number of thioether (sulfide) groups is 1. The number of nitrogens with zero attached hydrogens (tertiary/aromatic N) is 2. The van der Waals surface area contributed by atoms with E-state index in [2.05, 4.69) is 20.8 Å². The Kier molecular flexibility index (Phi) is 6.70. The topological polar surface area (TPSA) is 80.6 Å². The second-order valence-corrected chi connectivity index (χ2v) is 8.87. The Labute approximate surface area is 150 Å². The van der Waals surface area contributed by atoms with Crippen molar-refractivity contribution in [3.05, 3.63) is 0 Å². The highest BCUT2D eigenvalue weighted by molar-refractivity contribution is 8.02. The molecule has 9 heteroatoms. The van der Waals surface area contributed by atoms with Crippen LogP contribution in [0, 0.1) is 0 Å². The molecular formula is C15H26N5O2S2+. The van der Waals surface area contributed by atoms with Crippen LogP contribution in [0.3, 0.4) is 0 Å². The van der Waals surface area contributed by atoms with Gasteiger partial charge in [-0.2, -0.15) is 0 Å². The van der Waals surface area contributed by atoms with Crippen molar-refractivity contribution in [3.8, 4) is 0 Å². The number of carbonyl (C=O) groups is 1. The van der Waals surface area contributed by atoms with Gasteiger partial charge in [0.25, 0.3) is 0 Å². The molecule has 0 aromatic carbocycles. The lowest BCUT2D eigenvalue weighted by Crippen LogP contribution is -3.14. The molecule has 0 spiro atoms.